The number of hydrogen-bond donors (Lipinski definition) is 2. The van der Waals surface area contributed by atoms with E-state index >= 15 is 0 Å². The zero-order valence-corrected chi connectivity index (χ0v) is 13.9. The second-order valence-electron chi connectivity index (χ2n) is 5.35. The van der Waals surface area contributed by atoms with Crippen LogP contribution in [0.5, 0.6) is 0 Å². The second-order valence-corrected chi connectivity index (χ2v) is 5.76. The molecule has 0 saturated carbocycles. The molecule has 2 aromatic carbocycles. The average Bonchev–Trinajstić information content (AvgIpc) is 2.50. The van der Waals surface area contributed by atoms with Gasteiger partial charge in [0, 0.05) is 18.5 Å². The van der Waals surface area contributed by atoms with Crippen LogP contribution >= 0.6 is 11.6 Å². The first-order valence-electron chi connectivity index (χ1n) is 7.37. The highest BCUT2D eigenvalue weighted by atomic mass is 35.5. The van der Waals surface area contributed by atoms with Gasteiger partial charge in [-0.05, 0) is 43.2 Å². The quantitative estimate of drug-likeness (QED) is 0.878. The molecule has 0 atom stereocenters. The highest BCUT2D eigenvalue weighted by molar-refractivity contribution is 6.33. The Bertz CT molecular complexity index is 729. The number of benzene rings is 2. The Labute approximate surface area is 140 Å². The lowest BCUT2D eigenvalue weighted by atomic mass is 10.1. The first-order valence-corrected chi connectivity index (χ1v) is 7.75. The normalized spacial score (nSPS) is 10.2. The predicted octanol–water partition coefficient (Wildman–Crippen LogP) is 3.72. The largest absolute Gasteiger partial charge is 0.352 e. The lowest BCUT2D eigenvalue weighted by Gasteiger charge is -2.09. The molecule has 0 heterocycles. The van der Waals surface area contributed by atoms with E-state index in [1.54, 1.807) is 18.2 Å². The first-order chi connectivity index (χ1) is 11.0. The standard InChI is InChI=1S/C18H19ClN2O2/c1-12-7-8-16(15(19)11-12)21-17(22)9-10-20-18(23)14-6-4-3-5-13(14)2/h3-8,11H,9-10H2,1-2H3,(H,20,23)(H,21,22). The van der Waals surface area contributed by atoms with Gasteiger partial charge in [-0.15, -0.1) is 0 Å². The van der Waals surface area contributed by atoms with Crippen LogP contribution in [-0.4, -0.2) is 18.4 Å². The van der Waals surface area contributed by atoms with Gasteiger partial charge in [-0.3, -0.25) is 9.59 Å². The number of nitrogens with one attached hydrogen (secondary N) is 2. The molecule has 120 valence electrons. The number of hydrogen-bond acceptors (Lipinski definition) is 2. The van der Waals surface area contributed by atoms with Crippen molar-refractivity contribution in [3.8, 4) is 0 Å². The molecule has 0 saturated heterocycles. The summed E-state index contributed by atoms with van der Waals surface area (Å²) in [6.07, 6.45) is 0.182. The SMILES string of the molecule is Cc1ccc(NC(=O)CCNC(=O)c2ccccc2C)c(Cl)c1. The first kappa shape index (κ1) is 17.0. The van der Waals surface area contributed by atoms with Crippen molar-refractivity contribution in [2.24, 2.45) is 0 Å². The van der Waals surface area contributed by atoms with Crippen molar-refractivity contribution in [3.63, 3.8) is 0 Å². The number of amides is 2. The van der Waals surface area contributed by atoms with Crippen LogP contribution in [0, 0.1) is 13.8 Å². The number of halogens is 1. The van der Waals surface area contributed by atoms with E-state index in [1.807, 2.05) is 38.1 Å². The number of anilines is 1. The minimum Gasteiger partial charge on any atom is -0.352 e. The van der Waals surface area contributed by atoms with Crippen molar-refractivity contribution in [1.82, 2.24) is 5.32 Å². The van der Waals surface area contributed by atoms with Gasteiger partial charge in [0.05, 0.1) is 10.7 Å². The topological polar surface area (TPSA) is 58.2 Å². The minimum absolute atomic E-state index is 0.177. The summed E-state index contributed by atoms with van der Waals surface area (Å²) in [5, 5.41) is 5.99. The van der Waals surface area contributed by atoms with Gasteiger partial charge in [-0.1, -0.05) is 35.9 Å². The molecule has 0 bridgehead atoms. The Morgan fingerprint density at radius 2 is 1.83 bits per heavy atom. The Morgan fingerprint density at radius 3 is 2.52 bits per heavy atom. The van der Waals surface area contributed by atoms with E-state index < -0.39 is 0 Å². The Balaban J connectivity index is 1.83. The maximum Gasteiger partial charge on any atom is 0.251 e. The van der Waals surface area contributed by atoms with E-state index in [0.29, 0.717) is 16.3 Å². The van der Waals surface area contributed by atoms with Gasteiger partial charge in [0.2, 0.25) is 5.91 Å². The number of rotatable bonds is 5. The third-order valence-electron chi connectivity index (χ3n) is 3.43. The summed E-state index contributed by atoms with van der Waals surface area (Å²) >= 11 is 6.07. The number of aryl methyl sites for hydroxylation is 2. The molecule has 2 rings (SSSR count). The third-order valence-corrected chi connectivity index (χ3v) is 3.74. The van der Waals surface area contributed by atoms with Crippen molar-refractivity contribution in [2.45, 2.75) is 20.3 Å². The van der Waals surface area contributed by atoms with Crippen molar-refractivity contribution in [3.05, 3.63) is 64.2 Å². The molecule has 0 aliphatic carbocycles. The molecule has 0 fully saturated rings. The number of carbonyl (C=O) groups is 2. The van der Waals surface area contributed by atoms with Crippen LogP contribution in [0.3, 0.4) is 0 Å². The molecule has 0 aliphatic heterocycles. The van der Waals surface area contributed by atoms with E-state index in [2.05, 4.69) is 10.6 Å². The molecule has 2 N–H and O–H groups in total. The van der Waals surface area contributed by atoms with Crippen molar-refractivity contribution in [2.75, 3.05) is 11.9 Å². The van der Waals surface area contributed by atoms with Crippen LogP contribution in [0.4, 0.5) is 5.69 Å². The van der Waals surface area contributed by atoms with Gasteiger partial charge in [-0.2, -0.15) is 0 Å². The molecule has 5 heteroatoms. The highest BCUT2D eigenvalue weighted by Crippen LogP contribution is 2.22. The van der Waals surface area contributed by atoms with E-state index in [-0.39, 0.29) is 24.8 Å². The van der Waals surface area contributed by atoms with E-state index in [0.717, 1.165) is 11.1 Å². The van der Waals surface area contributed by atoms with E-state index in [9.17, 15) is 9.59 Å². The summed E-state index contributed by atoms with van der Waals surface area (Å²) in [5.74, 6) is -0.370. The minimum atomic E-state index is -0.194. The molecule has 0 radical (unpaired) electrons. The van der Waals surface area contributed by atoms with Crippen LogP contribution in [0.25, 0.3) is 0 Å². The fourth-order valence-corrected chi connectivity index (χ4v) is 2.43. The summed E-state index contributed by atoms with van der Waals surface area (Å²) in [4.78, 5) is 23.9. The van der Waals surface area contributed by atoms with Gasteiger partial charge in [0.25, 0.3) is 5.91 Å². The lowest BCUT2D eigenvalue weighted by molar-refractivity contribution is -0.116. The number of carbonyl (C=O) groups excluding carboxylic acids is 2. The van der Waals surface area contributed by atoms with Crippen LogP contribution < -0.4 is 10.6 Å². The molecule has 2 amide bonds. The molecule has 0 aromatic heterocycles. The van der Waals surface area contributed by atoms with E-state index in [1.165, 1.54) is 0 Å². The summed E-state index contributed by atoms with van der Waals surface area (Å²) in [6, 6.07) is 12.8. The zero-order valence-electron chi connectivity index (χ0n) is 13.2. The van der Waals surface area contributed by atoms with Crippen LogP contribution in [0.15, 0.2) is 42.5 Å². The molecule has 23 heavy (non-hydrogen) atoms. The van der Waals surface area contributed by atoms with Gasteiger partial charge < -0.3 is 10.6 Å². The Morgan fingerprint density at radius 1 is 1.09 bits per heavy atom. The molecular formula is C18H19ClN2O2. The fraction of sp³-hybridized carbons (Fsp3) is 0.222. The van der Waals surface area contributed by atoms with Crippen molar-refractivity contribution in [1.29, 1.82) is 0 Å². The molecular weight excluding hydrogens is 312 g/mol. The Hall–Kier alpha value is -2.33. The van der Waals surface area contributed by atoms with Crippen LogP contribution in [0.2, 0.25) is 5.02 Å². The molecule has 2 aromatic rings. The average molecular weight is 331 g/mol. The van der Waals surface area contributed by atoms with Crippen molar-refractivity contribution >= 4 is 29.1 Å². The molecule has 0 unspecified atom stereocenters. The summed E-state index contributed by atoms with van der Waals surface area (Å²) < 4.78 is 0. The van der Waals surface area contributed by atoms with Crippen LogP contribution in [-0.2, 0) is 4.79 Å². The summed E-state index contributed by atoms with van der Waals surface area (Å²) in [7, 11) is 0. The zero-order chi connectivity index (χ0) is 16.8. The van der Waals surface area contributed by atoms with E-state index in [4.69, 9.17) is 11.6 Å². The van der Waals surface area contributed by atoms with Gasteiger partial charge in [0.1, 0.15) is 0 Å². The summed E-state index contributed by atoms with van der Waals surface area (Å²) in [6.45, 7) is 4.07. The maximum atomic E-state index is 12.0. The van der Waals surface area contributed by atoms with Gasteiger partial charge in [0.15, 0.2) is 0 Å². The lowest BCUT2D eigenvalue weighted by Crippen LogP contribution is -2.28. The molecule has 4 nitrogen and oxygen atoms in total. The van der Waals surface area contributed by atoms with Crippen molar-refractivity contribution < 1.29 is 9.59 Å². The smallest absolute Gasteiger partial charge is 0.251 e. The third kappa shape index (κ3) is 4.83. The fourth-order valence-electron chi connectivity index (χ4n) is 2.15. The molecule has 0 aliphatic rings. The Kier molecular flexibility index (Phi) is 5.77. The second kappa shape index (κ2) is 7.79. The summed E-state index contributed by atoms with van der Waals surface area (Å²) in [5.41, 5.74) is 3.13. The highest BCUT2D eigenvalue weighted by Gasteiger charge is 2.09. The van der Waals surface area contributed by atoms with Gasteiger partial charge in [-0.25, -0.2) is 0 Å². The van der Waals surface area contributed by atoms with Gasteiger partial charge >= 0.3 is 0 Å². The molecule has 0 spiro atoms. The predicted molar refractivity (Wildman–Crippen MR) is 92.9 cm³/mol. The maximum absolute atomic E-state index is 12.0. The monoisotopic (exact) mass is 330 g/mol. The van der Waals surface area contributed by atoms with Crippen LogP contribution in [0.1, 0.15) is 27.9 Å².